The van der Waals surface area contributed by atoms with Crippen molar-refractivity contribution in [2.75, 3.05) is 20.8 Å². The highest BCUT2D eigenvalue weighted by atomic mass is 16.5. The molecule has 0 saturated heterocycles. The maximum Gasteiger partial charge on any atom is 0.220 e. The molecule has 1 atom stereocenters. The molecule has 1 unspecified atom stereocenters. The Morgan fingerprint density at radius 2 is 1.86 bits per heavy atom. The van der Waals surface area contributed by atoms with Crippen LogP contribution >= 0.6 is 0 Å². The summed E-state index contributed by atoms with van der Waals surface area (Å²) in [7, 11) is 3.27. The second-order valence-electron chi connectivity index (χ2n) is 7.19. The number of hydrogen-bond acceptors (Lipinski definition) is 3. The van der Waals surface area contributed by atoms with E-state index >= 15 is 0 Å². The van der Waals surface area contributed by atoms with Gasteiger partial charge in [-0.25, -0.2) is 0 Å². The number of methoxy groups -OCH3 is 2. The molecule has 3 rings (SSSR count). The lowest BCUT2D eigenvalue weighted by molar-refractivity contribution is -0.121. The predicted octanol–water partition coefficient (Wildman–Crippen LogP) is 5.01. The molecule has 3 aromatic rings. The van der Waals surface area contributed by atoms with Crippen LogP contribution in [0.3, 0.4) is 0 Å². The lowest BCUT2D eigenvalue weighted by atomic mass is 9.87. The van der Waals surface area contributed by atoms with E-state index in [0.29, 0.717) is 24.5 Å². The highest BCUT2D eigenvalue weighted by Crippen LogP contribution is 2.41. The Morgan fingerprint density at radius 1 is 1.03 bits per heavy atom. The molecule has 5 heteroatoms. The van der Waals surface area contributed by atoms with Crippen molar-refractivity contribution in [1.82, 2.24) is 10.3 Å². The number of H-pyrrole nitrogens is 1. The number of rotatable bonds is 10. The molecule has 154 valence electrons. The number of amides is 1. The van der Waals surface area contributed by atoms with Gasteiger partial charge in [0.1, 0.15) is 0 Å². The minimum Gasteiger partial charge on any atom is -0.493 e. The molecule has 1 aromatic heterocycles. The van der Waals surface area contributed by atoms with Crippen molar-refractivity contribution in [2.45, 2.75) is 38.5 Å². The van der Waals surface area contributed by atoms with E-state index < -0.39 is 0 Å². The molecule has 0 aliphatic rings. The SMILES string of the molecule is CCCCCNC(=O)CC(c1cccc(OC)c1OC)c1c[nH]c2ccccc12. The van der Waals surface area contributed by atoms with E-state index in [1.54, 1.807) is 14.2 Å². The molecule has 0 aliphatic carbocycles. The van der Waals surface area contributed by atoms with Crippen molar-refractivity contribution in [2.24, 2.45) is 0 Å². The number of para-hydroxylation sites is 2. The first-order valence-corrected chi connectivity index (χ1v) is 10.2. The first-order chi connectivity index (χ1) is 14.2. The molecule has 2 aromatic carbocycles. The molecule has 0 spiro atoms. The molecule has 2 N–H and O–H groups in total. The second kappa shape index (κ2) is 10.0. The summed E-state index contributed by atoms with van der Waals surface area (Å²) in [5, 5.41) is 4.18. The van der Waals surface area contributed by atoms with Crippen LogP contribution in [-0.2, 0) is 4.79 Å². The summed E-state index contributed by atoms with van der Waals surface area (Å²) < 4.78 is 11.2. The zero-order chi connectivity index (χ0) is 20.6. The second-order valence-corrected chi connectivity index (χ2v) is 7.19. The van der Waals surface area contributed by atoms with E-state index in [1.807, 2.05) is 42.6 Å². The lowest BCUT2D eigenvalue weighted by Gasteiger charge is -2.21. The third-order valence-corrected chi connectivity index (χ3v) is 5.30. The van der Waals surface area contributed by atoms with E-state index in [9.17, 15) is 4.79 Å². The fourth-order valence-electron chi connectivity index (χ4n) is 3.82. The first kappa shape index (κ1) is 20.8. The first-order valence-electron chi connectivity index (χ1n) is 10.2. The number of unbranched alkanes of at least 4 members (excludes halogenated alkanes) is 2. The quantitative estimate of drug-likeness (QED) is 0.475. The Labute approximate surface area is 172 Å². The molecule has 0 radical (unpaired) electrons. The number of carbonyl (C=O) groups excluding carboxylic acids is 1. The van der Waals surface area contributed by atoms with Crippen LogP contribution in [0.15, 0.2) is 48.7 Å². The number of aromatic amines is 1. The van der Waals surface area contributed by atoms with E-state index in [-0.39, 0.29) is 11.8 Å². The molecule has 29 heavy (non-hydrogen) atoms. The van der Waals surface area contributed by atoms with Crippen LogP contribution in [-0.4, -0.2) is 31.7 Å². The van der Waals surface area contributed by atoms with Gasteiger partial charge in [0.25, 0.3) is 0 Å². The van der Waals surface area contributed by atoms with E-state index in [1.165, 1.54) is 0 Å². The molecule has 5 nitrogen and oxygen atoms in total. The van der Waals surface area contributed by atoms with Crippen molar-refractivity contribution >= 4 is 16.8 Å². The Bertz CT molecular complexity index is 948. The molecule has 0 bridgehead atoms. The number of carbonyl (C=O) groups is 1. The van der Waals surface area contributed by atoms with Crippen molar-refractivity contribution in [3.05, 3.63) is 59.8 Å². The zero-order valence-electron chi connectivity index (χ0n) is 17.5. The van der Waals surface area contributed by atoms with Crippen LogP contribution in [0.2, 0.25) is 0 Å². The molecule has 0 aliphatic heterocycles. The number of fused-ring (bicyclic) bond motifs is 1. The van der Waals surface area contributed by atoms with Crippen molar-refractivity contribution in [3.8, 4) is 11.5 Å². The number of benzene rings is 2. The smallest absolute Gasteiger partial charge is 0.220 e. The Morgan fingerprint density at radius 3 is 2.62 bits per heavy atom. The summed E-state index contributed by atoms with van der Waals surface area (Å²) in [5.41, 5.74) is 3.08. The third-order valence-electron chi connectivity index (χ3n) is 5.30. The number of aromatic nitrogens is 1. The van der Waals surface area contributed by atoms with Gasteiger partial charge in [-0.15, -0.1) is 0 Å². The topological polar surface area (TPSA) is 63.4 Å². The zero-order valence-corrected chi connectivity index (χ0v) is 17.5. The summed E-state index contributed by atoms with van der Waals surface area (Å²) in [4.78, 5) is 16.1. The van der Waals surface area contributed by atoms with Gasteiger partial charge in [0.2, 0.25) is 5.91 Å². The van der Waals surface area contributed by atoms with Crippen LogP contribution in [0, 0.1) is 0 Å². The van der Waals surface area contributed by atoms with Crippen molar-refractivity contribution in [1.29, 1.82) is 0 Å². The van der Waals surface area contributed by atoms with Crippen LogP contribution in [0.1, 0.15) is 49.7 Å². The summed E-state index contributed by atoms with van der Waals surface area (Å²) >= 11 is 0. The molecular formula is C24H30N2O3. The minimum atomic E-state index is -0.151. The molecule has 1 heterocycles. The lowest BCUT2D eigenvalue weighted by Crippen LogP contribution is -2.26. The van der Waals surface area contributed by atoms with Crippen LogP contribution in [0.25, 0.3) is 10.9 Å². The Kier molecular flexibility index (Phi) is 7.17. The highest BCUT2D eigenvalue weighted by molar-refractivity contribution is 5.86. The van der Waals surface area contributed by atoms with Gasteiger partial charge >= 0.3 is 0 Å². The number of ether oxygens (including phenoxy) is 2. The number of hydrogen-bond donors (Lipinski definition) is 2. The molecular weight excluding hydrogens is 364 g/mol. The standard InChI is InChI=1S/C24H30N2O3/c1-4-5-8-14-25-23(27)15-19(18-11-9-13-22(28-2)24(18)29-3)20-16-26-21-12-7-6-10-17(20)21/h6-7,9-13,16,19,26H,4-5,8,14-15H2,1-3H3,(H,25,27). The highest BCUT2D eigenvalue weighted by Gasteiger charge is 2.25. The fraction of sp³-hybridized carbons (Fsp3) is 0.375. The predicted molar refractivity (Wildman–Crippen MR) is 117 cm³/mol. The average molecular weight is 395 g/mol. The van der Waals surface area contributed by atoms with E-state index in [0.717, 1.165) is 41.3 Å². The largest absolute Gasteiger partial charge is 0.493 e. The molecule has 0 fully saturated rings. The summed E-state index contributed by atoms with van der Waals surface area (Å²) in [6, 6.07) is 14.0. The minimum absolute atomic E-state index is 0.0428. The van der Waals surface area contributed by atoms with Gasteiger partial charge in [-0.05, 0) is 24.1 Å². The van der Waals surface area contributed by atoms with Gasteiger partial charge in [0.05, 0.1) is 14.2 Å². The number of nitrogens with one attached hydrogen (secondary N) is 2. The summed E-state index contributed by atoms with van der Waals surface area (Å²) in [6.45, 7) is 2.87. The normalized spacial score (nSPS) is 12.0. The molecule has 0 saturated carbocycles. The van der Waals surface area contributed by atoms with Gasteiger partial charge in [-0.3, -0.25) is 4.79 Å². The monoisotopic (exact) mass is 394 g/mol. The average Bonchev–Trinajstić information content (AvgIpc) is 3.18. The summed E-state index contributed by atoms with van der Waals surface area (Å²) in [5.74, 6) is 1.23. The van der Waals surface area contributed by atoms with Gasteiger partial charge in [-0.2, -0.15) is 0 Å². The molecule has 1 amide bonds. The Balaban J connectivity index is 1.98. The van der Waals surface area contributed by atoms with Gasteiger partial charge in [0.15, 0.2) is 11.5 Å². The van der Waals surface area contributed by atoms with Crippen LogP contribution in [0.4, 0.5) is 0 Å². The van der Waals surface area contributed by atoms with E-state index in [2.05, 4.69) is 23.3 Å². The maximum absolute atomic E-state index is 12.8. The van der Waals surface area contributed by atoms with Gasteiger partial charge in [0, 0.05) is 41.5 Å². The summed E-state index contributed by atoms with van der Waals surface area (Å²) in [6.07, 6.45) is 5.60. The Hall–Kier alpha value is -2.95. The van der Waals surface area contributed by atoms with Crippen LogP contribution in [0.5, 0.6) is 11.5 Å². The van der Waals surface area contributed by atoms with Gasteiger partial charge < -0.3 is 19.8 Å². The van der Waals surface area contributed by atoms with Gasteiger partial charge in [-0.1, -0.05) is 50.1 Å². The van der Waals surface area contributed by atoms with E-state index in [4.69, 9.17) is 9.47 Å². The third kappa shape index (κ3) is 4.73. The fourth-order valence-corrected chi connectivity index (χ4v) is 3.82. The van der Waals surface area contributed by atoms with Crippen molar-refractivity contribution in [3.63, 3.8) is 0 Å². The van der Waals surface area contributed by atoms with Crippen LogP contribution < -0.4 is 14.8 Å². The van der Waals surface area contributed by atoms with Crippen molar-refractivity contribution < 1.29 is 14.3 Å². The maximum atomic E-state index is 12.8.